The number of aromatic nitrogens is 1. The van der Waals surface area contributed by atoms with E-state index in [4.69, 9.17) is 9.15 Å². The maximum atomic E-state index is 6.65. The van der Waals surface area contributed by atoms with Gasteiger partial charge >= 0.3 is 0 Å². The highest BCUT2D eigenvalue weighted by atomic mass is 16.5. The molecule has 0 amide bonds. The maximum absolute atomic E-state index is 6.65. The number of nitrogens with one attached hydrogen (secondary N) is 4. The first-order valence-electron chi connectivity index (χ1n) is 21.6. The zero-order chi connectivity index (χ0) is 40.8. The van der Waals surface area contributed by atoms with E-state index in [-0.39, 0.29) is 30.3 Å². The van der Waals surface area contributed by atoms with Crippen molar-refractivity contribution in [3.05, 3.63) is 239 Å². The van der Waals surface area contributed by atoms with Crippen molar-refractivity contribution in [3.63, 3.8) is 0 Å². The number of para-hydroxylation sites is 2. The Bertz CT molecular complexity index is 3190. The van der Waals surface area contributed by atoms with Crippen LogP contribution >= 0.6 is 0 Å². The van der Waals surface area contributed by atoms with Crippen LogP contribution in [0.3, 0.4) is 0 Å². The molecule has 2 aliphatic carbocycles. The Morgan fingerprint density at radius 2 is 1.15 bits per heavy atom. The summed E-state index contributed by atoms with van der Waals surface area (Å²) in [5, 5.41) is 13.9. The Kier molecular flexibility index (Phi) is 7.97. The first-order valence-corrected chi connectivity index (χ1v) is 21.6. The minimum Gasteiger partial charge on any atom is -0.457 e. The summed E-state index contributed by atoms with van der Waals surface area (Å²) in [7, 11) is 0. The lowest BCUT2D eigenvalue weighted by molar-refractivity contribution is 0.204. The van der Waals surface area contributed by atoms with E-state index in [1.54, 1.807) is 0 Å². The lowest BCUT2D eigenvalue weighted by Crippen LogP contribution is -2.54. The van der Waals surface area contributed by atoms with Crippen molar-refractivity contribution in [2.45, 2.75) is 29.8 Å². The highest BCUT2D eigenvalue weighted by Gasteiger charge is 2.56. The van der Waals surface area contributed by atoms with E-state index in [9.17, 15) is 0 Å². The summed E-state index contributed by atoms with van der Waals surface area (Å²) in [6.07, 6.45) is 10.8. The third kappa shape index (κ3) is 5.34. The molecule has 2 aromatic heterocycles. The molecule has 13 rings (SSSR count). The van der Waals surface area contributed by atoms with Crippen molar-refractivity contribution in [2.24, 2.45) is 5.92 Å². The average Bonchev–Trinajstić information content (AvgIpc) is 4.08. The zero-order valence-electron chi connectivity index (χ0n) is 33.8. The minimum absolute atomic E-state index is 0.105. The molecule has 1 spiro atoms. The van der Waals surface area contributed by atoms with Crippen LogP contribution in [-0.4, -0.2) is 4.98 Å². The van der Waals surface area contributed by atoms with Crippen LogP contribution in [0.25, 0.3) is 44.3 Å². The van der Waals surface area contributed by atoms with Crippen LogP contribution in [0, 0.1) is 5.92 Å². The normalized spacial score (nSPS) is 21.6. The summed E-state index contributed by atoms with van der Waals surface area (Å²) in [5.74, 6) is 2.31. The molecule has 5 atom stereocenters. The van der Waals surface area contributed by atoms with Gasteiger partial charge in [0.15, 0.2) is 0 Å². The van der Waals surface area contributed by atoms with Crippen LogP contribution in [0.4, 0.5) is 0 Å². The maximum Gasteiger partial charge on any atom is 0.135 e. The predicted molar refractivity (Wildman–Crippen MR) is 247 cm³/mol. The number of hydrogen-bond donors (Lipinski definition) is 4. The van der Waals surface area contributed by atoms with Crippen molar-refractivity contribution in [3.8, 4) is 33.9 Å². The SMILES string of the molecule is C1=CC2c3ccc(-c4ccc5oc6cccc(C7NC(c8ccccc8)NC(c8ccc(-c9ccc[nH]9)cc8)N7)c6c5c4)cc3C3(c4ccccc4Oc4ccccc43)C2C=C1. The third-order valence-electron chi connectivity index (χ3n) is 13.8. The van der Waals surface area contributed by atoms with Gasteiger partial charge in [0, 0.05) is 45.6 Å². The van der Waals surface area contributed by atoms with Gasteiger partial charge in [-0.2, -0.15) is 0 Å². The summed E-state index contributed by atoms with van der Waals surface area (Å²) < 4.78 is 13.3. The summed E-state index contributed by atoms with van der Waals surface area (Å²) in [5.41, 5.74) is 14.5. The number of hydrogen-bond acceptors (Lipinski definition) is 5. The van der Waals surface area contributed by atoms with Crippen molar-refractivity contribution in [1.29, 1.82) is 0 Å². The highest BCUT2D eigenvalue weighted by molar-refractivity contribution is 6.08. The second kappa shape index (κ2) is 13.9. The number of ether oxygens (including phenoxy) is 1. The second-order valence-electron chi connectivity index (χ2n) is 17.0. The summed E-state index contributed by atoms with van der Waals surface area (Å²) in [6.45, 7) is 0. The lowest BCUT2D eigenvalue weighted by Gasteiger charge is -2.43. The van der Waals surface area contributed by atoms with Gasteiger partial charge in [0.25, 0.3) is 0 Å². The van der Waals surface area contributed by atoms with E-state index < -0.39 is 5.41 Å². The lowest BCUT2D eigenvalue weighted by atomic mass is 9.62. The zero-order valence-corrected chi connectivity index (χ0v) is 33.8. The van der Waals surface area contributed by atoms with Gasteiger partial charge in [-0.1, -0.05) is 146 Å². The fraction of sp³-hybridized carbons (Fsp3) is 0.107. The molecule has 4 aliphatic rings. The monoisotopic (exact) mass is 802 g/mol. The van der Waals surface area contributed by atoms with Gasteiger partial charge in [-0.3, -0.25) is 16.0 Å². The minimum atomic E-state index is -0.414. The molecule has 5 unspecified atom stereocenters. The fourth-order valence-corrected chi connectivity index (χ4v) is 11.0. The molecule has 4 heterocycles. The molecule has 9 aromatic rings. The number of benzene rings is 7. The number of H-pyrrole nitrogens is 1. The van der Waals surface area contributed by atoms with Gasteiger partial charge in [0.1, 0.15) is 22.7 Å². The standard InChI is InChI=1S/C56H42N4O2/c1-2-12-35(13-3-1)53-58-54(36-25-23-34(24-26-36)47-19-11-31-57-47)60-55(59-53)41-15-10-22-51-52(41)42-32-37(28-30-48(42)61-51)38-27-29-40-39-14-4-5-16-43(39)56(46(40)33-38)44-17-6-8-20-49(44)62-50-21-9-7-18-45(50)56/h1-33,39,43,53-55,57-60H. The number of fused-ring (bicyclic) bond motifs is 12. The molecule has 1 saturated heterocycles. The van der Waals surface area contributed by atoms with Gasteiger partial charge in [0.05, 0.1) is 23.9 Å². The summed E-state index contributed by atoms with van der Waals surface area (Å²) >= 11 is 0. The van der Waals surface area contributed by atoms with Gasteiger partial charge in [-0.15, -0.1) is 0 Å². The fourth-order valence-electron chi connectivity index (χ4n) is 11.0. The average molecular weight is 803 g/mol. The second-order valence-corrected chi connectivity index (χ2v) is 17.0. The topological polar surface area (TPSA) is 74.2 Å². The van der Waals surface area contributed by atoms with E-state index in [1.807, 2.05) is 12.3 Å². The number of furan rings is 1. The van der Waals surface area contributed by atoms with Crippen LogP contribution in [-0.2, 0) is 5.41 Å². The molecular weight excluding hydrogens is 761 g/mol. The predicted octanol–water partition coefficient (Wildman–Crippen LogP) is 12.7. The molecule has 2 aliphatic heterocycles. The molecule has 4 N–H and O–H groups in total. The highest BCUT2D eigenvalue weighted by Crippen LogP contribution is 2.64. The molecule has 0 radical (unpaired) electrons. The van der Waals surface area contributed by atoms with Crippen LogP contribution in [0.15, 0.2) is 205 Å². The van der Waals surface area contributed by atoms with Crippen LogP contribution in [0.5, 0.6) is 11.5 Å². The number of allylic oxidation sites excluding steroid dienone is 4. The van der Waals surface area contributed by atoms with E-state index in [1.165, 1.54) is 33.4 Å². The molecule has 6 heteroatoms. The molecule has 298 valence electrons. The molecule has 0 saturated carbocycles. The van der Waals surface area contributed by atoms with E-state index in [0.29, 0.717) is 0 Å². The Labute approximate surface area is 359 Å². The van der Waals surface area contributed by atoms with E-state index in [2.05, 4.69) is 209 Å². The molecule has 1 fully saturated rings. The summed E-state index contributed by atoms with van der Waals surface area (Å²) in [6, 6.07) is 61.1. The quantitative estimate of drug-likeness (QED) is 0.139. The largest absolute Gasteiger partial charge is 0.457 e. The molecule has 0 bridgehead atoms. The number of rotatable bonds is 5. The molecule has 62 heavy (non-hydrogen) atoms. The van der Waals surface area contributed by atoms with Crippen LogP contribution in [0.1, 0.15) is 63.4 Å². The Morgan fingerprint density at radius 3 is 1.92 bits per heavy atom. The van der Waals surface area contributed by atoms with Crippen molar-refractivity contribution in [2.75, 3.05) is 0 Å². The van der Waals surface area contributed by atoms with Crippen molar-refractivity contribution in [1.82, 2.24) is 20.9 Å². The van der Waals surface area contributed by atoms with Crippen molar-refractivity contribution < 1.29 is 9.15 Å². The van der Waals surface area contributed by atoms with Gasteiger partial charge in [-0.05, 0) is 93.0 Å². The Balaban J connectivity index is 0.936. The summed E-state index contributed by atoms with van der Waals surface area (Å²) in [4.78, 5) is 3.34. The Morgan fingerprint density at radius 1 is 0.468 bits per heavy atom. The van der Waals surface area contributed by atoms with E-state index in [0.717, 1.165) is 61.4 Å². The smallest absolute Gasteiger partial charge is 0.135 e. The van der Waals surface area contributed by atoms with Gasteiger partial charge in [0.2, 0.25) is 0 Å². The number of aromatic amines is 1. The molecular formula is C56H42N4O2. The van der Waals surface area contributed by atoms with Crippen molar-refractivity contribution >= 4 is 21.9 Å². The molecule has 7 aromatic carbocycles. The molecule has 6 nitrogen and oxygen atoms in total. The van der Waals surface area contributed by atoms with Gasteiger partial charge in [-0.25, -0.2) is 0 Å². The Hall–Kier alpha value is -7.22. The first kappa shape index (κ1) is 35.5. The van der Waals surface area contributed by atoms with Gasteiger partial charge < -0.3 is 14.1 Å². The van der Waals surface area contributed by atoms with Crippen LogP contribution in [0.2, 0.25) is 0 Å². The first-order chi connectivity index (χ1) is 30.7. The third-order valence-corrected chi connectivity index (χ3v) is 13.8. The van der Waals surface area contributed by atoms with E-state index >= 15 is 0 Å². The van der Waals surface area contributed by atoms with Crippen LogP contribution < -0.4 is 20.7 Å².